The van der Waals surface area contributed by atoms with Crippen LogP contribution in [0.5, 0.6) is 0 Å². The summed E-state index contributed by atoms with van der Waals surface area (Å²) in [6.45, 7) is 2.01. The lowest BCUT2D eigenvalue weighted by molar-refractivity contribution is 0.0524. The van der Waals surface area contributed by atoms with E-state index in [0.29, 0.717) is 33.2 Å². The lowest BCUT2D eigenvalue weighted by Crippen LogP contribution is -2.12. The first-order valence-corrected chi connectivity index (χ1v) is 12.1. The minimum Gasteiger partial charge on any atom is -0.462 e. The summed E-state index contributed by atoms with van der Waals surface area (Å²) in [6.07, 6.45) is 1.47. The highest BCUT2D eigenvalue weighted by molar-refractivity contribution is 7.98. The number of aromatic nitrogens is 7. The molecule has 5 rings (SSSR count). The second kappa shape index (κ2) is 9.93. The Kier molecular flexibility index (Phi) is 6.40. The highest BCUT2D eigenvalue weighted by atomic mass is 32.2. The van der Waals surface area contributed by atoms with Crippen molar-refractivity contribution in [3.63, 3.8) is 0 Å². The SMILES string of the molecule is CCOC(=O)c1cnc(Nc2nc3ccccc3s2)nc1CSc1nnnn1-c1ccccc1. The van der Waals surface area contributed by atoms with Crippen molar-refractivity contribution in [1.82, 2.24) is 35.2 Å². The number of fused-ring (bicyclic) bond motifs is 1. The molecule has 0 spiro atoms. The van der Waals surface area contributed by atoms with Crippen molar-refractivity contribution < 1.29 is 9.53 Å². The van der Waals surface area contributed by atoms with E-state index in [0.717, 1.165) is 15.9 Å². The van der Waals surface area contributed by atoms with E-state index in [1.54, 1.807) is 11.6 Å². The molecule has 0 atom stereocenters. The molecule has 0 saturated carbocycles. The lowest BCUT2D eigenvalue weighted by Gasteiger charge is -2.10. The van der Waals surface area contributed by atoms with E-state index in [1.807, 2.05) is 54.6 Å². The predicted molar refractivity (Wildman–Crippen MR) is 130 cm³/mol. The van der Waals surface area contributed by atoms with Crippen LogP contribution in [0.4, 0.5) is 11.1 Å². The van der Waals surface area contributed by atoms with Crippen molar-refractivity contribution in [1.29, 1.82) is 0 Å². The van der Waals surface area contributed by atoms with Gasteiger partial charge in [0.2, 0.25) is 11.1 Å². The first-order chi connectivity index (χ1) is 16.7. The summed E-state index contributed by atoms with van der Waals surface area (Å²) in [5.41, 5.74) is 2.52. The van der Waals surface area contributed by atoms with E-state index >= 15 is 0 Å². The van der Waals surface area contributed by atoms with Gasteiger partial charge in [-0.15, -0.1) is 5.10 Å². The second-order valence-corrected chi connectivity index (χ2v) is 8.86. The number of thioether (sulfide) groups is 1. The van der Waals surface area contributed by atoms with Gasteiger partial charge in [0.15, 0.2) is 5.13 Å². The zero-order valence-corrected chi connectivity index (χ0v) is 19.6. The van der Waals surface area contributed by atoms with E-state index in [9.17, 15) is 4.79 Å². The van der Waals surface area contributed by atoms with Crippen LogP contribution in [0.1, 0.15) is 23.0 Å². The summed E-state index contributed by atoms with van der Waals surface area (Å²) in [6, 6.07) is 17.4. The monoisotopic (exact) mass is 490 g/mol. The van der Waals surface area contributed by atoms with Gasteiger partial charge in [0.25, 0.3) is 0 Å². The molecule has 0 amide bonds. The van der Waals surface area contributed by atoms with E-state index in [1.165, 1.54) is 29.3 Å². The molecular formula is C22H18N8O2S2. The first kappa shape index (κ1) is 21.9. The zero-order chi connectivity index (χ0) is 23.3. The Labute approximate surface area is 202 Å². The van der Waals surface area contributed by atoms with Crippen LogP contribution in [-0.2, 0) is 10.5 Å². The average Bonchev–Trinajstić information content (AvgIpc) is 3.50. The maximum absolute atomic E-state index is 12.5. The minimum atomic E-state index is -0.479. The van der Waals surface area contributed by atoms with E-state index < -0.39 is 5.97 Å². The van der Waals surface area contributed by atoms with Gasteiger partial charge in [0.1, 0.15) is 5.56 Å². The number of carbonyl (C=O) groups excluding carboxylic acids is 1. The number of nitrogens with one attached hydrogen (secondary N) is 1. The molecule has 34 heavy (non-hydrogen) atoms. The van der Waals surface area contributed by atoms with Gasteiger partial charge < -0.3 is 10.1 Å². The molecule has 3 aromatic heterocycles. The van der Waals surface area contributed by atoms with Crippen molar-refractivity contribution >= 4 is 50.4 Å². The van der Waals surface area contributed by atoms with Gasteiger partial charge in [-0.3, -0.25) is 0 Å². The van der Waals surface area contributed by atoms with Crippen LogP contribution in [0.2, 0.25) is 0 Å². The Morgan fingerprint density at radius 2 is 1.94 bits per heavy atom. The van der Waals surface area contributed by atoms with Crippen LogP contribution in [0, 0.1) is 0 Å². The Hall–Kier alpha value is -3.90. The van der Waals surface area contributed by atoms with Gasteiger partial charge in [-0.1, -0.05) is 53.4 Å². The van der Waals surface area contributed by atoms with Gasteiger partial charge >= 0.3 is 5.97 Å². The molecule has 0 bridgehead atoms. The van der Waals surface area contributed by atoms with Crippen LogP contribution in [0.15, 0.2) is 66.0 Å². The maximum Gasteiger partial charge on any atom is 0.341 e. The van der Waals surface area contributed by atoms with Crippen LogP contribution < -0.4 is 5.32 Å². The van der Waals surface area contributed by atoms with Gasteiger partial charge in [-0.25, -0.2) is 19.7 Å². The smallest absolute Gasteiger partial charge is 0.341 e. The van der Waals surface area contributed by atoms with Crippen LogP contribution in [0.25, 0.3) is 15.9 Å². The molecule has 0 aliphatic carbocycles. The number of hydrogen-bond acceptors (Lipinski definition) is 11. The third-order valence-corrected chi connectivity index (χ3v) is 6.54. The van der Waals surface area contributed by atoms with Crippen molar-refractivity contribution in [3.8, 4) is 5.69 Å². The lowest BCUT2D eigenvalue weighted by atomic mass is 10.2. The molecule has 12 heteroatoms. The summed E-state index contributed by atoms with van der Waals surface area (Å²) in [4.78, 5) is 26.0. The number of carbonyl (C=O) groups is 1. The fourth-order valence-corrected chi connectivity index (χ4v) is 4.82. The average molecular weight is 491 g/mol. The number of para-hydroxylation sites is 2. The Morgan fingerprint density at radius 3 is 2.76 bits per heavy atom. The number of ether oxygens (including phenoxy) is 1. The highest BCUT2D eigenvalue weighted by Crippen LogP contribution is 2.28. The third kappa shape index (κ3) is 4.72. The van der Waals surface area contributed by atoms with Crippen molar-refractivity contribution in [2.24, 2.45) is 0 Å². The molecule has 0 aliphatic rings. The Bertz CT molecular complexity index is 1400. The Balaban J connectivity index is 1.41. The molecule has 0 aliphatic heterocycles. The Morgan fingerprint density at radius 1 is 1.12 bits per heavy atom. The minimum absolute atomic E-state index is 0.253. The number of hydrogen-bond donors (Lipinski definition) is 1. The van der Waals surface area contributed by atoms with Crippen molar-refractivity contribution in [2.75, 3.05) is 11.9 Å². The molecular weight excluding hydrogens is 472 g/mol. The summed E-state index contributed by atoms with van der Waals surface area (Å²) in [7, 11) is 0. The number of rotatable bonds is 8. The van der Waals surface area contributed by atoms with Crippen LogP contribution in [-0.4, -0.2) is 47.7 Å². The van der Waals surface area contributed by atoms with Crippen molar-refractivity contribution in [3.05, 3.63) is 72.1 Å². The zero-order valence-electron chi connectivity index (χ0n) is 18.0. The fourth-order valence-electron chi connectivity index (χ4n) is 3.12. The summed E-state index contributed by atoms with van der Waals surface area (Å²) in [5.74, 6) is 0.191. The van der Waals surface area contributed by atoms with Crippen LogP contribution in [0.3, 0.4) is 0 Å². The first-order valence-electron chi connectivity index (χ1n) is 10.3. The number of thiazole rings is 1. The summed E-state index contributed by atoms with van der Waals surface area (Å²) < 4.78 is 7.88. The molecule has 0 radical (unpaired) electrons. The van der Waals surface area contributed by atoms with E-state index in [4.69, 9.17) is 4.74 Å². The molecule has 2 aromatic carbocycles. The highest BCUT2D eigenvalue weighted by Gasteiger charge is 2.18. The van der Waals surface area contributed by atoms with Gasteiger partial charge in [-0.2, -0.15) is 4.68 Å². The predicted octanol–water partition coefficient (Wildman–Crippen LogP) is 4.27. The maximum atomic E-state index is 12.5. The van der Waals surface area contributed by atoms with Gasteiger partial charge in [0.05, 0.1) is 28.2 Å². The normalized spacial score (nSPS) is 11.0. The standard InChI is InChI=1S/C22H18N8O2S2/c1-2-32-19(31)15-12-23-20(26-21-25-16-10-6-7-11-18(16)34-21)24-17(15)13-33-22-27-28-29-30(22)14-8-4-3-5-9-14/h3-12H,2,13H2,1H3,(H,23,24,25,26). The fraction of sp³-hybridized carbons (Fsp3) is 0.136. The molecule has 0 unspecified atom stereocenters. The molecule has 3 heterocycles. The van der Waals surface area contributed by atoms with Crippen molar-refractivity contribution in [2.45, 2.75) is 17.8 Å². The molecule has 0 fully saturated rings. The number of esters is 1. The second-order valence-electron chi connectivity index (χ2n) is 6.88. The summed E-state index contributed by atoms with van der Waals surface area (Å²) >= 11 is 2.86. The quantitative estimate of drug-likeness (QED) is 0.249. The number of anilines is 2. The van der Waals surface area contributed by atoms with Gasteiger partial charge in [0, 0.05) is 11.9 Å². The topological polar surface area (TPSA) is 121 Å². The molecule has 10 nitrogen and oxygen atoms in total. The number of tetrazole rings is 1. The number of benzene rings is 2. The third-order valence-electron chi connectivity index (χ3n) is 4.66. The van der Waals surface area contributed by atoms with Crippen LogP contribution >= 0.6 is 23.1 Å². The molecule has 5 aromatic rings. The van der Waals surface area contributed by atoms with E-state index in [2.05, 4.69) is 35.8 Å². The largest absolute Gasteiger partial charge is 0.462 e. The van der Waals surface area contributed by atoms with E-state index in [-0.39, 0.29) is 6.61 Å². The molecule has 1 N–H and O–H groups in total. The number of nitrogens with zero attached hydrogens (tertiary/aromatic N) is 7. The van der Waals surface area contributed by atoms with Gasteiger partial charge in [-0.05, 0) is 41.6 Å². The summed E-state index contributed by atoms with van der Waals surface area (Å²) in [5, 5.41) is 16.3. The molecule has 170 valence electrons. The molecule has 0 saturated heterocycles.